The summed E-state index contributed by atoms with van der Waals surface area (Å²) in [7, 11) is 1.79. The molecular formula is C20H33FN4O. The summed E-state index contributed by atoms with van der Waals surface area (Å²) < 4.78 is 18.7. The summed E-state index contributed by atoms with van der Waals surface area (Å²) in [6, 6.07) is 5.41. The van der Waals surface area contributed by atoms with Gasteiger partial charge in [-0.1, -0.05) is 19.9 Å². The maximum Gasteiger partial charge on any atom is 0.191 e. The Balaban J connectivity index is 1.80. The molecular weight excluding hydrogens is 331 g/mol. The molecule has 0 aliphatic carbocycles. The fourth-order valence-electron chi connectivity index (χ4n) is 3.37. The molecule has 1 aromatic carbocycles. The predicted octanol–water partition coefficient (Wildman–Crippen LogP) is 2.20. The second kappa shape index (κ2) is 10.5. The van der Waals surface area contributed by atoms with Crippen LogP contribution in [0.15, 0.2) is 23.2 Å². The second-order valence-corrected chi connectivity index (χ2v) is 7.16. The first kappa shape index (κ1) is 20.6. The normalized spacial score (nSPS) is 17.4. The summed E-state index contributed by atoms with van der Waals surface area (Å²) in [5.41, 5.74) is 2.14. The average molecular weight is 365 g/mol. The van der Waals surface area contributed by atoms with Crippen molar-refractivity contribution >= 4 is 5.96 Å². The lowest BCUT2D eigenvalue weighted by molar-refractivity contribution is 0.00752. The van der Waals surface area contributed by atoms with Gasteiger partial charge in [-0.15, -0.1) is 0 Å². The molecule has 0 saturated carbocycles. The summed E-state index contributed by atoms with van der Waals surface area (Å²) in [5.74, 6) is 1.18. The lowest BCUT2D eigenvalue weighted by Gasteiger charge is -2.37. The Morgan fingerprint density at radius 3 is 2.62 bits per heavy atom. The monoisotopic (exact) mass is 364 g/mol. The lowest BCUT2D eigenvalue weighted by atomic mass is 10.0. The zero-order valence-corrected chi connectivity index (χ0v) is 16.5. The highest BCUT2D eigenvalue weighted by Crippen LogP contribution is 2.12. The number of hydrogen-bond donors (Lipinski definition) is 2. The van der Waals surface area contributed by atoms with Crippen LogP contribution in [0.4, 0.5) is 4.39 Å². The molecule has 0 amide bonds. The molecule has 146 valence electrons. The molecule has 1 aliphatic heterocycles. The van der Waals surface area contributed by atoms with Gasteiger partial charge >= 0.3 is 0 Å². The Hall–Kier alpha value is -1.66. The summed E-state index contributed by atoms with van der Waals surface area (Å²) in [6.45, 7) is 11.7. The molecule has 0 aromatic heterocycles. The number of nitrogens with one attached hydrogen (secondary N) is 2. The zero-order valence-electron chi connectivity index (χ0n) is 16.5. The lowest BCUT2D eigenvalue weighted by Crippen LogP contribution is -2.52. The summed E-state index contributed by atoms with van der Waals surface area (Å²) in [5, 5.41) is 6.81. The molecule has 0 bridgehead atoms. The molecule has 1 aromatic rings. The van der Waals surface area contributed by atoms with E-state index in [1.54, 1.807) is 13.1 Å². The van der Waals surface area contributed by atoms with Crippen molar-refractivity contribution in [2.24, 2.45) is 10.9 Å². The third-order valence-electron chi connectivity index (χ3n) is 4.98. The first-order valence-corrected chi connectivity index (χ1v) is 9.52. The van der Waals surface area contributed by atoms with E-state index in [0.717, 1.165) is 62.9 Å². The number of hydrogen-bond acceptors (Lipinski definition) is 3. The molecule has 0 radical (unpaired) electrons. The van der Waals surface area contributed by atoms with Crippen molar-refractivity contribution in [1.29, 1.82) is 0 Å². The number of aliphatic imine (C=N–C) groups is 1. The van der Waals surface area contributed by atoms with Crippen LogP contribution in [0.1, 0.15) is 25.0 Å². The highest BCUT2D eigenvalue weighted by molar-refractivity contribution is 5.79. The van der Waals surface area contributed by atoms with E-state index in [1.165, 1.54) is 6.07 Å². The smallest absolute Gasteiger partial charge is 0.191 e. The molecule has 26 heavy (non-hydrogen) atoms. The van der Waals surface area contributed by atoms with Gasteiger partial charge in [-0.25, -0.2) is 4.39 Å². The van der Waals surface area contributed by atoms with Gasteiger partial charge in [0.05, 0.1) is 13.2 Å². The van der Waals surface area contributed by atoms with Crippen molar-refractivity contribution in [2.75, 3.05) is 46.4 Å². The van der Waals surface area contributed by atoms with Crippen LogP contribution in [0.5, 0.6) is 0 Å². The van der Waals surface area contributed by atoms with Crippen molar-refractivity contribution < 1.29 is 9.13 Å². The Morgan fingerprint density at radius 1 is 1.27 bits per heavy atom. The first-order valence-electron chi connectivity index (χ1n) is 9.52. The topological polar surface area (TPSA) is 48.9 Å². The SMILES string of the molecule is CN=C(NCCc1ccc(F)cc1C)NCC(C(C)C)N1CCOCC1. The van der Waals surface area contributed by atoms with Crippen molar-refractivity contribution in [3.05, 3.63) is 35.1 Å². The fourth-order valence-corrected chi connectivity index (χ4v) is 3.37. The molecule has 1 unspecified atom stereocenters. The van der Waals surface area contributed by atoms with Gasteiger partial charge in [-0.2, -0.15) is 0 Å². The molecule has 2 rings (SSSR count). The van der Waals surface area contributed by atoms with Crippen molar-refractivity contribution in [3.63, 3.8) is 0 Å². The molecule has 1 heterocycles. The van der Waals surface area contributed by atoms with E-state index in [1.807, 2.05) is 13.0 Å². The van der Waals surface area contributed by atoms with Crippen LogP contribution in [-0.2, 0) is 11.2 Å². The van der Waals surface area contributed by atoms with Gasteiger partial charge in [-0.3, -0.25) is 9.89 Å². The van der Waals surface area contributed by atoms with Gasteiger partial charge in [0, 0.05) is 39.3 Å². The van der Waals surface area contributed by atoms with Crippen molar-refractivity contribution in [3.8, 4) is 0 Å². The Labute approximate surface area is 157 Å². The minimum atomic E-state index is -0.181. The number of aryl methyl sites for hydroxylation is 1. The fraction of sp³-hybridized carbons (Fsp3) is 0.650. The number of benzene rings is 1. The highest BCUT2D eigenvalue weighted by atomic mass is 19.1. The van der Waals surface area contributed by atoms with Crippen molar-refractivity contribution in [1.82, 2.24) is 15.5 Å². The van der Waals surface area contributed by atoms with E-state index in [9.17, 15) is 4.39 Å². The number of nitrogens with zero attached hydrogens (tertiary/aromatic N) is 2. The van der Waals surface area contributed by atoms with E-state index in [0.29, 0.717) is 12.0 Å². The third-order valence-corrected chi connectivity index (χ3v) is 4.98. The quantitative estimate of drug-likeness (QED) is 0.575. The highest BCUT2D eigenvalue weighted by Gasteiger charge is 2.23. The van der Waals surface area contributed by atoms with Crippen LogP contribution in [-0.4, -0.2) is 63.3 Å². The first-order chi connectivity index (χ1) is 12.5. The molecule has 1 fully saturated rings. The number of morpholine rings is 1. The average Bonchev–Trinajstić information content (AvgIpc) is 2.62. The maximum atomic E-state index is 13.2. The van der Waals surface area contributed by atoms with Crippen LogP contribution in [0, 0.1) is 18.7 Å². The van der Waals surface area contributed by atoms with Gasteiger partial charge in [0.2, 0.25) is 0 Å². The van der Waals surface area contributed by atoms with E-state index in [-0.39, 0.29) is 5.82 Å². The third kappa shape index (κ3) is 6.25. The summed E-state index contributed by atoms with van der Waals surface area (Å²) in [4.78, 5) is 6.82. The van der Waals surface area contributed by atoms with Gasteiger partial charge in [0.25, 0.3) is 0 Å². The maximum absolute atomic E-state index is 13.2. The summed E-state index contributed by atoms with van der Waals surface area (Å²) >= 11 is 0. The van der Waals surface area contributed by atoms with Crippen LogP contribution in [0.2, 0.25) is 0 Å². The van der Waals surface area contributed by atoms with Gasteiger partial charge in [0.1, 0.15) is 5.82 Å². The minimum Gasteiger partial charge on any atom is -0.379 e. The minimum absolute atomic E-state index is 0.181. The second-order valence-electron chi connectivity index (χ2n) is 7.16. The Kier molecular flexibility index (Phi) is 8.32. The molecule has 5 nitrogen and oxygen atoms in total. The number of ether oxygens (including phenoxy) is 1. The number of rotatable bonds is 7. The molecule has 1 aliphatic rings. The van der Waals surface area contributed by atoms with E-state index in [4.69, 9.17) is 4.74 Å². The Bertz CT molecular complexity index is 585. The molecule has 6 heteroatoms. The van der Waals surface area contributed by atoms with E-state index in [2.05, 4.69) is 34.4 Å². The zero-order chi connectivity index (χ0) is 18.9. The molecule has 1 atom stereocenters. The van der Waals surface area contributed by atoms with Gasteiger partial charge < -0.3 is 15.4 Å². The van der Waals surface area contributed by atoms with Gasteiger partial charge in [-0.05, 0) is 42.5 Å². The molecule has 1 saturated heterocycles. The predicted molar refractivity (Wildman–Crippen MR) is 105 cm³/mol. The Morgan fingerprint density at radius 2 is 2.00 bits per heavy atom. The molecule has 2 N–H and O–H groups in total. The number of halogens is 1. The van der Waals surface area contributed by atoms with Crippen molar-refractivity contribution in [2.45, 2.75) is 33.2 Å². The van der Waals surface area contributed by atoms with Crippen LogP contribution in [0.3, 0.4) is 0 Å². The van der Waals surface area contributed by atoms with Crippen LogP contribution < -0.4 is 10.6 Å². The summed E-state index contributed by atoms with van der Waals surface area (Å²) in [6.07, 6.45) is 0.837. The standard InChI is InChI=1S/C20H33FN4O/c1-15(2)19(25-9-11-26-12-10-25)14-24-20(22-4)23-8-7-17-5-6-18(21)13-16(17)3/h5-6,13,15,19H,7-12,14H2,1-4H3,(H2,22,23,24). The number of guanidine groups is 1. The van der Waals surface area contributed by atoms with Gasteiger partial charge in [0.15, 0.2) is 5.96 Å². The molecule has 0 spiro atoms. The van der Waals surface area contributed by atoms with E-state index < -0.39 is 0 Å². The van der Waals surface area contributed by atoms with E-state index >= 15 is 0 Å². The van der Waals surface area contributed by atoms with Crippen LogP contribution >= 0.6 is 0 Å². The largest absolute Gasteiger partial charge is 0.379 e. The van der Waals surface area contributed by atoms with Crippen LogP contribution in [0.25, 0.3) is 0 Å².